The number of anilines is 1. The molecule has 2 aliphatic heterocycles. The molecule has 2 saturated heterocycles. The monoisotopic (exact) mass is 363 g/mol. The Morgan fingerprint density at radius 1 is 1.22 bits per heavy atom. The summed E-state index contributed by atoms with van der Waals surface area (Å²) in [7, 11) is 0. The second kappa shape index (κ2) is 9.67. The average Bonchev–Trinajstić information content (AvgIpc) is 2.99. The van der Waals surface area contributed by atoms with E-state index in [9.17, 15) is 4.39 Å². The summed E-state index contributed by atoms with van der Waals surface area (Å²) in [5.41, 5.74) is 2.23. The first kappa shape index (κ1) is 20.5. The van der Waals surface area contributed by atoms with E-state index in [-0.39, 0.29) is 30.6 Å². The van der Waals surface area contributed by atoms with Crippen molar-refractivity contribution in [2.75, 3.05) is 31.1 Å². The van der Waals surface area contributed by atoms with Crippen molar-refractivity contribution in [2.24, 2.45) is 0 Å². The first-order chi connectivity index (χ1) is 10.2. The van der Waals surface area contributed by atoms with E-state index in [1.54, 1.807) is 12.1 Å². The van der Waals surface area contributed by atoms with Gasteiger partial charge in [0.15, 0.2) is 0 Å². The highest BCUT2D eigenvalue weighted by molar-refractivity contribution is 5.85. The Balaban J connectivity index is 0.00000132. The zero-order chi connectivity index (χ0) is 14.7. The van der Waals surface area contributed by atoms with Gasteiger partial charge in [0.05, 0.1) is 0 Å². The Labute approximate surface area is 151 Å². The van der Waals surface area contributed by atoms with E-state index in [1.165, 1.54) is 37.9 Å². The summed E-state index contributed by atoms with van der Waals surface area (Å²) in [6.45, 7) is 6.38. The van der Waals surface area contributed by atoms with Gasteiger partial charge in [-0.15, -0.1) is 24.8 Å². The second-order valence-electron chi connectivity index (χ2n) is 6.39. The number of benzene rings is 1. The van der Waals surface area contributed by atoms with Crippen molar-refractivity contribution >= 4 is 30.5 Å². The van der Waals surface area contributed by atoms with Gasteiger partial charge in [0.2, 0.25) is 0 Å². The van der Waals surface area contributed by atoms with Crippen LogP contribution < -0.4 is 15.5 Å². The lowest BCUT2D eigenvalue weighted by Crippen LogP contribution is -2.46. The van der Waals surface area contributed by atoms with Gasteiger partial charge in [-0.05, 0) is 62.9 Å². The molecule has 1 aromatic rings. The van der Waals surface area contributed by atoms with Crippen LogP contribution in [0, 0.1) is 12.7 Å². The summed E-state index contributed by atoms with van der Waals surface area (Å²) >= 11 is 0. The topological polar surface area (TPSA) is 27.3 Å². The summed E-state index contributed by atoms with van der Waals surface area (Å²) in [6.07, 6.45) is 4.96. The molecule has 0 saturated carbocycles. The van der Waals surface area contributed by atoms with Crippen molar-refractivity contribution in [3.05, 3.63) is 29.6 Å². The van der Waals surface area contributed by atoms with Gasteiger partial charge in [0, 0.05) is 37.4 Å². The Kier molecular flexibility index (Phi) is 8.62. The Morgan fingerprint density at radius 2 is 1.96 bits per heavy atom. The standard InChI is InChI=1S/C17H26FN3.2ClH/c1-13-11-14(18)4-5-17(13)21-9-6-15(7-10-21)20-12-16-3-2-8-19-16;;/h4-5,11,15-16,19-20H,2-3,6-10,12H2,1H3;2*1H/t16-;;/m1../s1. The summed E-state index contributed by atoms with van der Waals surface area (Å²) in [4.78, 5) is 2.39. The first-order valence-electron chi connectivity index (χ1n) is 8.20. The van der Waals surface area contributed by atoms with Crippen molar-refractivity contribution in [1.29, 1.82) is 0 Å². The maximum Gasteiger partial charge on any atom is 0.123 e. The van der Waals surface area contributed by atoms with E-state index in [2.05, 4.69) is 15.5 Å². The van der Waals surface area contributed by atoms with E-state index < -0.39 is 0 Å². The first-order valence-corrected chi connectivity index (χ1v) is 8.20. The number of piperidine rings is 1. The number of rotatable bonds is 4. The highest BCUT2D eigenvalue weighted by atomic mass is 35.5. The van der Waals surface area contributed by atoms with Crippen LogP contribution in [0.3, 0.4) is 0 Å². The van der Waals surface area contributed by atoms with E-state index in [0.717, 1.165) is 25.2 Å². The molecule has 0 aliphatic carbocycles. The van der Waals surface area contributed by atoms with Gasteiger partial charge in [-0.1, -0.05) is 0 Å². The summed E-state index contributed by atoms with van der Waals surface area (Å²) < 4.78 is 13.2. The molecule has 23 heavy (non-hydrogen) atoms. The molecule has 2 fully saturated rings. The molecule has 0 unspecified atom stereocenters. The fourth-order valence-corrected chi connectivity index (χ4v) is 3.54. The third-order valence-electron chi connectivity index (χ3n) is 4.81. The molecule has 0 bridgehead atoms. The Hall–Kier alpha value is -0.550. The van der Waals surface area contributed by atoms with Crippen LogP contribution in [0.2, 0.25) is 0 Å². The minimum atomic E-state index is -0.142. The lowest BCUT2D eigenvalue weighted by molar-refractivity contribution is 0.393. The van der Waals surface area contributed by atoms with Crippen LogP contribution in [0.25, 0.3) is 0 Å². The van der Waals surface area contributed by atoms with E-state index in [4.69, 9.17) is 0 Å². The molecule has 2 heterocycles. The van der Waals surface area contributed by atoms with Gasteiger partial charge in [0.1, 0.15) is 5.82 Å². The molecule has 1 aromatic carbocycles. The third kappa shape index (κ3) is 5.49. The van der Waals surface area contributed by atoms with Gasteiger partial charge in [-0.2, -0.15) is 0 Å². The largest absolute Gasteiger partial charge is 0.371 e. The molecule has 0 amide bonds. The number of halogens is 3. The summed E-state index contributed by atoms with van der Waals surface area (Å²) in [6, 6.07) is 6.41. The van der Waals surface area contributed by atoms with E-state index in [1.807, 2.05) is 13.0 Å². The summed E-state index contributed by atoms with van der Waals surface area (Å²) in [5.74, 6) is -0.142. The molecule has 6 heteroatoms. The maximum absolute atomic E-state index is 13.2. The van der Waals surface area contributed by atoms with Crippen molar-refractivity contribution in [3.63, 3.8) is 0 Å². The molecule has 2 N–H and O–H groups in total. The maximum atomic E-state index is 13.2. The fourth-order valence-electron chi connectivity index (χ4n) is 3.54. The van der Waals surface area contributed by atoms with Crippen LogP contribution in [0.4, 0.5) is 10.1 Å². The second-order valence-corrected chi connectivity index (χ2v) is 6.39. The Morgan fingerprint density at radius 3 is 2.57 bits per heavy atom. The fraction of sp³-hybridized carbons (Fsp3) is 0.647. The molecule has 0 aromatic heterocycles. The highest BCUT2D eigenvalue weighted by Gasteiger charge is 2.22. The smallest absolute Gasteiger partial charge is 0.123 e. The van der Waals surface area contributed by atoms with Crippen molar-refractivity contribution < 1.29 is 4.39 Å². The van der Waals surface area contributed by atoms with Crippen LogP contribution in [0.15, 0.2) is 18.2 Å². The normalized spacial score (nSPS) is 21.7. The average molecular weight is 364 g/mol. The van der Waals surface area contributed by atoms with Crippen LogP contribution in [0.1, 0.15) is 31.2 Å². The number of hydrogen-bond donors (Lipinski definition) is 2. The molecular formula is C17H28Cl2FN3. The third-order valence-corrected chi connectivity index (χ3v) is 4.81. The molecule has 3 rings (SSSR count). The molecule has 2 aliphatic rings. The van der Waals surface area contributed by atoms with Gasteiger partial charge in [-0.3, -0.25) is 0 Å². The minimum Gasteiger partial charge on any atom is -0.371 e. The predicted molar refractivity (Wildman–Crippen MR) is 99.9 cm³/mol. The van der Waals surface area contributed by atoms with Gasteiger partial charge >= 0.3 is 0 Å². The number of hydrogen-bond acceptors (Lipinski definition) is 3. The zero-order valence-corrected chi connectivity index (χ0v) is 15.3. The SMILES string of the molecule is Cc1cc(F)ccc1N1CCC(NC[C@H]2CCCN2)CC1.Cl.Cl. The van der Waals surface area contributed by atoms with Gasteiger partial charge < -0.3 is 15.5 Å². The van der Waals surface area contributed by atoms with Crippen molar-refractivity contribution in [1.82, 2.24) is 10.6 Å². The lowest BCUT2D eigenvalue weighted by atomic mass is 10.0. The summed E-state index contributed by atoms with van der Waals surface area (Å²) in [5, 5.41) is 7.25. The molecule has 3 nitrogen and oxygen atoms in total. The minimum absolute atomic E-state index is 0. The quantitative estimate of drug-likeness (QED) is 0.859. The number of nitrogens with zero attached hydrogens (tertiary/aromatic N) is 1. The van der Waals surface area contributed by atoms with E-state index in [0.29, 0.717) is 12.1 Å². The highest BCUT2D eigenvalue weighted by Crippen LogP contribution is 2.24. The molecule has 0 radical (unpaired) electrons. The van der Waals surface area contributed by atoms with Crippen LogP contribution in [-0.4, -0.2) is 38.3 Å². The number of nitrogens with one attached hydrogen (secondary N) is 2. The zero-order valence-electron chi connectivity index (χ0n) is 13.7. The van der Waals surface area contributed by atoms with E-state index >= 15 is 0 Å². The Bertz CT molecular complexity index is 473. The lowest BCUT2D eigenvalue weighted by Gasteiger charge is -2.35. The van der Waals surface area contributed by atoms with Crippen LogP contribution in [0.5, 0.6) is 0 Å². The number of aryl methyl sites for hydroxylation is 1. The molecule has 1 atom stereocenters. The van der Waals surface area contributed by atoms with Crippen LogP contribution in [-0.2, 0) is 0 Å². The predicted octanol–water partition coefficient (Wildman–Crippen LogP) is 3.29. The molecule has 0 spiro atoms. The molecular weight excluding hydrogens is 336 g/mol. The van der Waals surface area contributed by atoms with Crippen LogP contribution >= 0.6 is 24.8 Å². The van der Waals surface area contributed by atoms with Crippen molar-refractivity contribution in [3.8, 4) is 0 Å². The van der Waals surface area contributed by atoms with Crippen molar-refractivity contribution in [2.45, 2.75) is 44.7 Å². The molecule has 132 valence electrons. The van der Waals surface area contributed by atoms with Gasteiger partial charge in [-0.25, -0.2) is 4.39 Å². The van der Waals surface area contributed by atoms with Gasteiger partial charge in [0.25, 0.3) is 0 Å².